The van der Waals surface area contributed by atoms with E-state index >= 15 is 0 Å². The van der Waals surface area contributed by atoms with Crippen LogP contribution in [-0.2, 0) is 6.54 Å². The van der Waals surface area contributed by atoms with E-state index in [0.717, 1.165) is 24.9 Å². The molecule has 0 saturated heterocycles. The zero-order valence-corrected chi connectivity index (χ0v) is 14.8. The van der Waals surface area contributed by atoms with Gasteiger partial charge in [-0.3, -0.25) is 4.79 Å². The number of hydrogen-bond donors (Lipinski definition) is 0. The summed E-state index contributed by atoms with van der Waals surface area (Å²) in [6.07, 6.45) is 5.83. The Morgan fingerprint density at radius 1 is 0.958 bits per heavy atom. The molecule has 2 aromatic rings. The molecule has 0 N–H and O–H groups in total. The van der Waals surface area contributed by atoms with Crippen LogP contribution in [0.2, 0.25) is 0 Å². The van der Waals surface area contributed by atoms with Crippen LogP contribution in [0, 0.1) is 0 Å². The molecule has 0 radical (unpaired) electrons. The second-order valence-electron chi connectivity index (χ2n) is 6.69. The number of benzene rings is 2. The number of carbonyl (C=O) groups is 1. The van der Waals surface area contributed by atoms with Crippen LogP contribution in [0.4, 0.5) is 0 Å². The van der Waals surface area contributed by atoms with Gasteiger partial charge in [-0.2, -0.15) is 0 Å². The molecule has 2 heteroatoms. The SMILES string of the molecule is CCCCCC(CC)N1Cc2c(cccc2-c2ccccc2)C1=O. The van der Waals surface area contributed by atoms with Gasteiger partial charge in [-0.25, -0.2) is 0 Å². The highest BCUT2D eigenvalue weighted by molar-refractivity contribution is 6.00. The summed E-state index contributed by atoms with van der Waals surface area (Å²) in [4.78, 5) is 15.0. The van der Waals surface area contributed by atoms with E-state index in [1.165, 1.54) is 36.0 Å². The van der Waals surface area contributed by atoms with Crippen LogP contribution in [-0.4, -0.2) is 16.8 Å². The lowest BCUT2D eigenvalue weighted by molar-refractivity contribution is 0.0686. The average Bonchev–Trinajstić information content (AvgIpc) is 2.96. The molecular formula is C22H27NO. The van der Waals surface area contributed by atoms with E-state index in [1.54, 1.807) is 0 Å². The number of carbonyl (C=O) groups excluding carboxylic acids is 1. The van der Waals surface area contributed by atoms with Crippen LogP contribution in [0.15, 0.2) is 48.5 Å². The van der Waals surface area contributed by atoms with E-state index in [0.29, 0.717) is 6.04 Å². The predicted molar refractivity (Wildman–Crippen MR) is 100.0 cm³/mol. The Morgan fingerprint density at radius 2 is 1.71 bits per heavy atom. The lowest BCUT2D eigenvalue weighted by atomic mass is 9.97. The third-order valence-electron chi connectivity index (χ3n) is 5.13. The normalized spacial score (nSPS) is 14.8. The maximum Gasteiger partial charge on any atom is 0.254 e. The van der Waals surface area contributed by atoms with Crippen LogP contribution in [0.1, 0.15) is 61.9 Å². The fourth-order valence-corrected chi connectivity index (χ4v) is 3.75. The molecule has 0 aromatic heterocycles. The van der Waals surface area contributed by atoms with Crippen LogP contribution < -0.4 is 0 Å². The third-order valence-corrected chi connectivity index (χ3v) is 5.13. The third kappa shape index (κ3) is 3.24. The monoisotopic (exact) mass is 321 g/mol. The van der Waals surface area contributed by atoms with Gasteiger partial charge in [0.2, 0.25) is 0 Å². The Kier molecular flexibility index (Phi) is 5.34. The Morgan fingerprint density at radius 3 is 2.42 bits per heavy atom. The van der Waals surface area contributed by atoms with Gasteiger partial charge in [-0.05, 0) is 35.6 Å². The standard InChI is InChI=1S/C22H27NO/c1-3-5-7-13-18(4-2)23-16-21-19(17-11-8-6-9-12-17)14-10-15-20(21)22(23)24/h6,8-12,14-15,18H,3-5,7,13,16H2,1-2H3. The summed E-state index contributed by atoms with van der Waals surface area (Å²) in [5, 5.41) is 0. The predicted octanol–water partition coefficient (Wildman–Crippen LogP) is 5.67. The molecule has 2 aromatic carbocycles. The first-order valence-corrected chi connectivity index (χ1v) is 9.24. The van der Waals surface area contributed by atoms with E-state index in [9.17, 15) is 4.79 Å². The van der Waals surface area contributed by atoms with Crippen molar-refractivity contribution in [2.24, 2.45) is 0 Å². The summed E-state index contributed by atoms with van der Waals surface area (Å²) in [5.41, 5.74) is 4.49. The van der Waals surface area contributed by atoms with Gasteiger partial charge < -0.3 is 4.90 Å². The van der Waals surface area contributed by atoms with E-state index in [4.69, 9.17) is 0 Å². The summed E-state index contributed by atoms with van der Waals surface area (Å²) in [7, 11) is 0. The van der Waals surface area contributed by atoms with Gasteiger partial charge in [-0.1, -0.05) is 75.6 Å². The maximum absolute atomic E-state index is 12.9. The van der Waals surface area contributed by atoms with Crippen LogP contribution in [0.5, 0.6) is 0 Å². The number of amides is 1. The first-order valence-electron chi connectivity index (χ1n) is 9.24. The van der Waals surface area contributed by atoms with Crippen LogP contribution >= 0.6 is 0 Å². The minimum Gasteiger partial charge on any atom is -0.331 e. The number of unbranched alkanes of at least 4 members (excludes halogenated alkanes) is 2. The van der Waals surface area contributed by atoms with Gasteiger partial charge in [0.25, 0.3) is 5.91 Å². The molecule has 1 aliphatic heterocycles. The lowest BCUT2D eigenvalue weighted by Crippen LogP contribution is -2.35. The van der Waals surface area contributed by atoms with Crippen molar-refractivity contribution in [2.75, 3.05) is 0 Å². The first-order chi connectivity index (χ1) is 11.8. The fourth-order valence-electron chi connectivity index (χ4n) is 3.75. The first kappa shape index (κ1) is 16.8. The Bertz CT molecular complexity index is 692. The highest BCUT2D eigenvalue weighted by atomic mass is 16.2. The maximum atomic E-state index is 12.9. The van der Waals surface area contributed by atoms with Gasteiger partial charge in [0.1, 0.15) is 0 Å². The van der Waals surface area contributed by atoms with Crippen molar-refractivity contribution in [3.8, 4) is 11.1 Å². The molecule has 1 amide bonds. The molecule has 126 valence electrons. The summed E-state index contributed by atoms with van der Waals surface area (Å²) in [6, 6.07) is 16.9. The van der Waals surface area contributed by atoms with Crippen molar-refractivity contribution in [1.29, 1.82) is 0 Å². The van der Waals surface area contributed by atoms with Crippen molar-refractivity contribution in [3.05, 3.63) is 59.7 Å². The molecule has 24 heavy (non-hydrogen) atoms. The van der Waals surface area contributed by atoms with Crippen molar-refractivity contribution in [1.82, 2.24) is 4.90 Å². The molecule has 1 unspecified atom stereocenters. The molecule has 0 bridgehead atoms. The molecule has 1 atom stereocenters. The fraction of sp³-hybridized carbons (Fsp3) is 0.409. The molecule has 3 rings (SSSR count). The molecule has 2 nitrogen and oxygen atoms in total. The molecule has 1 heterocycles. The summed E-state index contributed by atoms with van der Waals surface area (Å²) in [6.45, 7) is 5.18. The molecule has 0 fully saturated rings. The molecule has 1 aliphatic rings. The van der Waals surface area contributed by atoms with Gasteiger partial charge >= 0.3 is 0 Å². The Labute approximate surface area is 145 Å². The highest BCUT2D eigenvalue weighted by Crippen LogP contribution is 2.34. The highest BCUT2D eigenvalue weighted by Gasteiger charge is 2.33. The van der Waals surface area contributed by atoms with Gasteiger partial charge in [0, 0.05) is 18.2 Å². The molecular weight excluding hydrogens is 294 g/mol. The van der Waals surface area contributed by atoms with Gasteiger partial charge in [-0.15, -0.1) is 0 Å². The minimum absolute atomic E-state index is 0.214. The van der Waals surface area contributed by atoms with Crippen molar-refractivity contribution >= 4 is 5.91 Å². The molecule has 0 aliphatic carbocycles. The number of nitrogens with zero attached hydrogens (tertiary/aromatic N) is 1. The number of hydrogen-bond acceptors (Lipinski definition) is 1. The zero-order valence-electron chi connectivity index (χ0n) is 14.8. The smallest absolute Gasteiger partial charge is 0.254 e. The minimum atomic E-state index is 0.214. The quantitative estimate of drug-likeness (QED) is 0.602. The lowest BCUT2D eigenvalue weighted by Gasteiger charge is -2.27. The number of fused-ring (bicyclic) bond motifs is 1. The molecule has 0 spiro atoms. The second kappa shape index (κ2) is 7.65. The van der Waals surface area contributed by atoms with Crippen LogP contribution in [0.3, 0.4) is 0 Å². The van der Waals surface area contributed by atoms with Gasteiger partial charge in [0.05, 0.1) is 0 Å². The zero-order chi connectivity index (χ0) is 16.9. The van der Waals surface area contributed by atoms with Crippen LogP contribution in [0.25, 0.3) is 11.1 Å². The van der Waals surface area contributed by atoms with E-state index in [2.05, 4.69) is 49.1 Å². The summed E-state index contributed by atoms with van der Waals surface area (Å²) in [5.74, 6) is 0.214. The number of rotatable bonds is 7. The second-order valence-corrected chi connectivity index (χ2v) is 6.69. The summed E-state index contributed by atoms with van der Waals surface area (Å²) < 4.78 is 0. The van der Waals surface area contributed by atoms with E-state index < -0.39 is 0 Å². The summed E-state index contributed by atoms with van der Waals surface area (Å²) >= 11 is 0. The Hall–Kier alpha value is -2.09. The topological polar surface area (TPSA) is 20.3 Å². The average molecular weight is 321 g/mol. The van der Waals surface area contributed by atoms with E-state index in [1.807, 2.05) is 18.2 Å². The van der Waals surface area contributed by atoms with Gasteiger partial charge in [0.15, 0.2) is 0 Å². The molecule has 0 saturated carbocycles. The van der Waals surface area contributed by atoms with Crippen molar-refractivity contribution in [3.63, 3.8) is 0 Å². The van der Waals surface area contributed by atoms with E-state index in [-0.39, 0.29) is 5.91 Å². The van der Waals surface area contributed by atoms with Crippen molar-refractivity contribution < 1.29 is 4.79 Å². The largest absolute Gasteiger partial charge is 0.331 e. The Balaban J connectivity index is 1.87. The van der Waals surface area contributed by atoms with Crippen molar-refractivity contribution in [2.45, 2.75) is 58.5 Å².